The van der Waals surface area contributed by atoms with E-state index < -0.39 is 46.7 Å². The topological polar surface area (TPSA) is 198 Å². The number of carboxylic acid groups (broad SMARTS) is 1. The van der Waals surface area contributed by atoms with Gasteiger partial charge in [-0.25, -0.2) is 0 Å². The predicted molar refractivity (Wildman–Crippen MR) is 134 cm³/mol. The van der Waals surface area contributed by atoms with Crippen LogP contribution in [0, 0.1) is 16.2 Å². The van der Waals surface area contributed by atoms with Crippen LogP contribution in [-0.2, 0) is 14.4 Å². The molecule has 2 atom stereocenters. The van der Waals surface area contributed by atoms with Crippen LogP contribution >= 0.6 is 0 Å². The van der Waals surface area contributed by atoms with Gasteiger partial charge in [-0.2, -0.15) is 0 Å². The summed E-state index contributed by atoms with van der Waals surface area (Å²) in [5.41, 5.74) is 3.93. The van der Waals surface area contributed by atoms with Crippen molar-refractivity contribution in [1.82, 2.24) is 16.0 Å². The molecule has 2 unspecified atom stereocenters. The van der Waals surface area contributed by atoms with E-state index in [9.17, 15) is 19.2 Å². The molecule has 6 N–H and O–H groups in total. The molecule has 0 heterocycles. The SMILES string of the molecule is CC(C)(NC(=O)C(NC(=O)c1ccc2ccccc2c1)C(C)(C)C)C(=O)NC(CN)CC(=O)O.N#N. The first-order valence-electron chi connectivity index (χ1n) is 11.3. The van der Waals surface area contributed by atoms with Crippen molar-refractivity contribution >= 4 is 34.5 Å². The van der Waals surface area contributed by atoms with E-state index in [-0.39, 0.29) is 13.0 Å². The summed E-state index contributed by atoms with van der Waals surface area (Å²) in [5, 5.41) is 30.9. The summed E-state index contributed by atoms with van der Waals surface area (Å²) < 4.78 is 0. The monoisotopic (exact) mass is 498 g/mol. The molecule has 2 aromatic carbocycles. The molecule has 0 aliphatic heterocycles. The zero-order valence-corrected chi connectivity index (χ0v) is 21.2. The van der Waals surface area contributed by atoms with Gasteiger partial charge in [0.2, 0.25) is 11.8 Å². The summed E-state index contributed by atoms with van der Waals surface area (Å²) in [6, 6.07) is 11.2. The number of hydrogen-bond acceptors (Lipinski definition) is 7. The van der Waals surface area contributed by atoms with Gasteiger partial charge in [-0.3, -0.25) is 19.2 Å². The maximum atomic E-state index is 13.2. The van der Waals surface area contributed by atoms with Gasteiger partial charge < -0.3 is 26.8 Å². The molecule has 2 rings (SSSR count). The van der Waals surface area contributed by atoms with E-state index in [0.29, 0.717) is 5.56 Å². The smallest absolute Gasteiger partial charge is 0.305 e. The lowest BCUT2D eigenvalue weighted by Gasteiger charge is -2.34. The fraction of sp³-hybridized carbons (Fsp3) is 0.440. The average molecular weight is 499 g/mol. The van der Waals surface area contributed by atoms with Crippen LogP contribution in [0.4, 0.5) is 0 Å². The van der Waals surface area contributed by atoms with Crippen LogP contribution in [0.15, 0.2) is 42.5 Å². The molecule has 0 saturated carbocycles. The van der Waals surface area contributed by atoms with Gasteiger partial charge >= 0.3 is 5.97 Å². The van der Waals surface area contributed by atoms with Crippen molar-refractivity contribution in [1.29, 1.82) is 10.8 Å². The van der Waals surface area contributed by atoms with Crippen LogP contribution in [0.3, 0.4) is 0 Å². The molecular formula is C25H34N6O5. The Bertz CT molecular complexity index is 1120. The first-order chi connectivity index (χ1) is 16.7. The largest absolute Gasteiger partial charge is 0.481 e. The third-order valence-corrected chi connectivity index (χ3v) is 5.46. The molecule has 36 heavy (non-hydrogen) atoms. The summed E-state index contributed by atoms with van der Waals surface area (Å²) in [6.07, 6.45) is -0.335. The Morgan fingerprint density at radius 1 is 0.944 bits per heavy atom. The van der Waals surface area contributed by atoms with Crippen molar-refractivity contribution in [3.05, 3.63) is 48.0 Å². The van der Waals surface area contributed by atoms with Crippen LogP contribution in [0.1, 0.15) is 51.4 Å². The molecule has 0 aliphatic carbocycles. The normalized spacial score (nSPS) is 12.9. The highest BCUT2D eigenvalue weighted by atomic mass is 16.4. The summed E-state index contributed by atoms with van der Waals surface area (Å²) in [7, 11) is 0. The van der Waals surface area contributed by atoms with Crippen LogP contribution in [0.2, 0.25) is 0 Å². The lowest BCUT2D eigenvalue weighted by molar-refractivity contribution is -0.138. The minimum atomic E-state index is -1.37. The number of fused-ring (bicyclic) bond motifs is 1. The van der Waals surface area contributed by atoms with E-state index in [4.69, 9.17) is 21.6 Å². The molecule has 0 bridgehead atoms. The number of amides is 3. The van der Waals surface area contributed by atoms with Crippen molar-refractivity contribution in [2.75, 3.05) is 6.54 Å². The number of hydrogen-bond donors (Lipinski definition) is 5. The summed E-state index contributed by atoms with van der Waals surface area (Å²) in [4.78, 5) is 49.9. The Labute approximate surface area is 210 Å². The van der Waals surface area contributed by atoms with Crippen molar-refractivity contribution < 1.29 is 24.3 Å². The lowest BCUT2D eigenvalue weighted by Crippen LogP contribution is -2.63. The molecule has 3 amide bonds. The number of carbonyl (C=O) groups is 4. The highest BCUT2D eigenvalue weighted by Gasteiger charge is 2.38. The molecule has 0 saturated heterocycles. The van der Waals surface area contributed by atoms with E-state index in [0.717, 1.165) is 10.8 Å². The van der Waals surface area contributed by atoms with E-state index in [1.165, 1.54) is 13.8 Å². The zero-order valence-electron chi connectivity index (χ0n) is 21.2. The highest BCUT2D eigenvalue weighted by molar-refractivity contribution is 6.01. The summed E-state index contributed by atoms with van der Waals surface area (Å²) in [6.45, 7) is 8.36. The van der Waals surface area contributed by atoms with Gasteiger partial charge in [0, 0.05) is 22.9 Å². The fourth-order valence-corrected chi connectivity index (χ4v) is 3.43. The van der Waals surface area contributed by atoms with Gasteiger partial charge in [0.1, 0.15) is 11.6 Å². The minimum Gasteiger partial charge on any atom is -0.481 e. The van der Waals surface area contributed by atoms with Crippen LogP contribution in [0.5, 0.6) is 0 Å². The average Bonchev–Trinajstić information content (AvgIpc) is 2.81. The number of aliphatic carboxylic acids is 1. The van der Waals surface area contributed by atoms with Crippen molar-refractivity contribution in [2.45, 2.75) is 58.7 Å². The molecule has 0 aliphatic rings. The molecule has 0 aromatic heterocycles. The predicted octanol–water partition coefficient (Wildman–Crippen LogP) is 1.83. The second-order valence-electron chi connectivity index (χ2n) is 9.95. The Kier molecular flexibility index (Phi) is 10.5. The second-order valence-corrected chi connectivity index (χ2v) is 9.95. The first-order valence-corrected chi connectivity index (χ1v) is 11.3. The lowest BCUT2D eigenvalue weighted by atomic mass is 9.85. The van der Waals surface area contributed by atoms with E-state index in [1.54, 1.807) is 12.1 Å². The van der Waals surface area contributed by atoms with E-state index in [2.05, 4.69) is 16.0 Å². The maximum Gasteiger partial charge on any atom is 0.305 e. The third kappa shape index (κ3) is 8.32. The zero-order chi connectivity index (χ0) is 27.7. The molecule has 0 fully saturated rings. The van der Waals surface area contributed by atoms with Gasteiger partial charge in [0.05, 0.1) is 12.5 Å². The van der Waals surface area contributed by atoms with E-state index in [1.807, 2.05) is 51.1 Å². The van der Waals surface area contributed by atoms with Crippen molar-refractivity contribution in [3.8, 4) is 0 Å². The molecule has 2 aromatic rings. The first kappa shape index (κ1) is 30.0. The number of rotatable bonds is 9. The van der Waals surface area contributed by atoms with Gasteiger partial charge in [-0.15, -0.1) is 0 Å². The number of nitrogens with zero attached hydrogens (tertiary/aromatic N) is 2. The van der Waals surface area contributed by atoms with Gasteiger partial charge in [-0.05, 0) is 42.2 Å². The van der Waals surface area contributed by atoms with Crippen LogP contribution in [-0.4, -0.2) is 53.0 Å². The van der Waals surface area contributed by atoms with Gasteiger partial charge in [0.15, 0.2) is 0 Å². The Balaban J connectivity index is 0.00000316. The summed E-state index contributed by atoms with van der Waals surface area (Å²) >= 11 is 0. The van der Waals surface area contributed by atoms with Crippen molar-refractivity contribution in [2.24, 2.45) is 11.1 Å². The third-order valence-electron chi connectivity index (χ3n) is 5.46. The Morgan fingerprint density at radius 2 is 1.53 bits per heavy atom. The molecule has 11 nitrogen and oxygen atoms in total. The number of carboxylic acids is 1. The second kappa shape index (κ2) is 12.6. The standard InChI is InChI=1S/C25H34N4O5.N2/c1-24(2,3)20(28-21(32)17-11-10-15-8-6-7-9-16(15)12-17)22(33)29-25(4,5)23(34)27-18(14-26)13-19(30)31;1-2/h6-12,18,20H,13-14,26H2,1-5H3,(H,27,34)(H,28,32)(H,29,33)(H,30,31);. The molecule has 11 heteroatoms. The fourth-order valence-electron chi connectivity index (χ4n) is 3.43. The summed E-state index contributed by atoms with van der Waals surface area (Å²) in [5.74, 6) is -2.62. The van der Waals surface area contributed by atoms with E-state index >= 15 is 0 Å². The maximum absolute atomic E-state index is 13.2. The Hall–Kier alpha value is -4.04. The van der Waals surface area contributed by atoms with Gasteiger partial charge in [0.25, 0.3) is 5.91 Å². The van der Waals surface area contributed by atoms with Crippen LogP contribution in [0.25, 0.3) is 10.8 Å². The molecule has 0 spiro atoms. The number of nitrogens with one attached hydrogen (secondary N) is 3. The molecular weight excluding hydrogens is 464 g/mol. The number of benzene rings is 2. The van der Waals surface area contributed by atoms with Crippen LogP contribution < -0.4 is 21.7 Å². The van der Waals surface area contributed by atoms with Crippen molar-refractivity contribution in [3.63, 3.8) is 0 Å². The number of carbonyl (C=O) groups excluding carboxylic acids is 3. The number of nitrogens with two attached hydrogens (primary N) is 1. The molecule has 0 radical (unpaired) electrons. The Morgan fingerprint density at radius 3 is 2.06 bits per heavy atom. The quantitative estimate of drug-likeness (QED) is 0.322. The minimum absolute atomic E-state index is 0.0610. The van der Waals surface area contributed by atoms with Gasteiger partial charge in [-0.1, -0.05) is 51.1 Å². The molecule has 194 valence electrons. The highest BCUT2D eigenvalue weighted by Crippen LogP contribution is 2.22.